The van der Waals surface area contributed by atoms with Crippen molar-refractivity contribution >= 4 is 23.4 Å². The third-order valence-electron chi connectivity index (χ3n) is 5.46. The summed E-state index contributed by atoms with van der Waals surface area (Å²) < 4.78 is 48.8. The Kier molecular flexibility index (Phi) is 6.84. The highest BCUT2D eigenvalue weighted by Crippen LogP contribution is 2.60. The maximum Gasteiger partial charge on any atom is 0.455 e. The number of benzene rings is 2. The average molecular weight is 478 g/mol. The number of carbonyl (C=O) groups excluding carboxylic acids is 2. The van der Waals surface area contributed by atoms with Gasteiger partial charge in [-0.05, 0) is 35.6 Å². The average Bonchev–Trinajstić information content (AvgIpc) is 3.31. The van der Waals surface area contributed by atoms with Crippen molar-refractivity contribution in [3.8, 4) is 17.6 Å². The fourth-order valence-corrected chi connectivity index (χ4v) is 3.77. The molecular formula is C24H19ClF3NO4. The van der Waals surface area contributed by atoms with Gasteiger partial charge in [0.25, 0.3) is 5.78 Å². The van der Waals surface area contributed by atoms with Crippen molar-refractivity contribution in [3.63, 3.8) is 0 Å². The molecule has 1 saturated carbocycles. The largest absolute Gasteiger partial charge is 0.457 e. The number of ketones is 1. The standard InChI is InChI=1S/C24H19ClF3NO4/c1-23(2)17(12-18(25)21(30)24(26,27)28)20(23)22(31)33-19(13-29)14-7-6-10-16(11-14)32-15-8-4-3-5-9-15/h3-12,17,19-20H,1-2H3/b18-12-. The molecule has 3 atom stereocenters. The summed E-state index contributed by atoms with van der Waals surface area (Å²) in [6.07, 6.45) is -5.44. The van der Waals surface area contributed by atoms with Crippen LogP contribution in [0.2, 0.25) is 0 Å². The Bertz CT molecular complexity index is 1120. The number of allylic oxidation sites excluding steroid dienone is 2. The van der Waals surface area contributed by atoms with Crippen LogP contribution in [-0.4, -0.2) is 17.9 Å². The fourth-order valence-electron chi connectivity index (χ4n) is 3.53. The van der Waals surface area contributed by atoms with Gasteiger partial charge in [0.05, 0.1) is 11.0 Å². The van der Waals surface area contributed by atoms with Crippen molar-refractivity contribution in [3.05, 3.63) is 71.3 Å². The molecule has 9 heteroatoms. The molecule has 0 spiro atoms. The number of carbonyl (C=O) groups is 2. The Morgan fingerprint density at radius 2 is 1.76 bits per heavy atom. The lowest BCUT2D eigenvalue weighted by Gasteiger charge is -2.13. The molecule has 0 amide bonds. The normalized spacial score (nSPS) is 20.3. The van der Waals surface area contributed by atoms with Gasteiger partial charge in [-0.1, -0.05) is 61.9 Å². The fraction of sp³-hybridized carbons (Fsp3) is 0.292. The summed E-state index contributed by atoms with van der Waals surface area (Å²) >= 11 is 5.53. The number of hydrogen-bond acceptors (Lipinski definition) is 5. The van der Waals surface area contributed by atoms with Gasteiger partial charge < -0.3 is 9.47 Å². The van der Waals surface area contributed by atoms with E-state index in [0.717, 1.165) is 6.08 Å². The maximum absolute atomic E-state index is 12.7. The van der Waals surface area contributed by atoms with Gasteiger partial charge in [-0.25, -0.2) is 0 Å². The van der Waals surface area contributed by atoms with E-state index in [1.165, 1.54) is 0 Å². The first-order chi connectivity index (χ1) is 15.4. The van der Waals surface area contributed by atoms with Gasteiger partial charge in [0, 0.05) is 5.56 Å². The van der Waals surface area contributed by atoms with Gasteiger partial charge in [-0.2, -0.15) is 18.4 Å². The monoisotopic (exact) mass is 477 g/mol. The minimum absolute atomic E-state index is 0.370. The molecule has 1 aliphatic carbocycles. The Balaban J connectivity index is 1.72. The number of esters is 1. The lowest BCUT2D eigenvalue weighted by molar-refractivity contribution is -0.165. The third kappa shape index (κ3) is 5.55. The molecule has 3 unspecified atom stereocenters. The third-order valence-corrected chi connectivity index (χ3v) is 5.75. The van der Waals surface area contributed by atoms with Crippen LogP contribution in [0, 0.1) is 28.6 Å². The van der Waals surface area contributed by atoms with Gasteiger partial charge in [0.1, 0.15) is 17.6 Å². The van der Waals surface area contributed by atoms with Gasteiger partial charge >= 0.3 is 12.1 Å². The van der Waals surface area contributed by atoms with E-state index in [0.29, 0.717) is 17.1 Å². The second kappa shape index (κ2) is 9.28. The van der Waals surface area contributed by atoms with Crippen LogP contribution in [0.3, 0.4) is 0 Å². The first-order valence-electron chi connectivity index (χ1n) is 9.87. The molecule has 0 heterocycles. The highest BCUT2D eigenvalue weighted by atomic mass is 35.5. The van der Waals surface area contributed by atoms with Gasteiger partial charge in [0.2, 0.25) is 6.10 Å². The molecule has 0 N–H and O–H groups in total. The van der Waals surface area contributed by atoms with Gasteiger partial charge in [0.15, 0.2) is 0 Å². The summed E-state index contributed by atoms with van der Waals surface area (Å²) in [5.74, 6) is -3.53. The molecule has 3 rings (SSSR count). The van der Waals surface area contributed by atoms with Crippen LogP contribution >= 0.6 is 11.6 Å². The predicted molar refractivity (Wildman–Crippen MR) is 113 cm³/mol. The van der Waals surface area contributed by atoms with E-state index < -0.39 is 46.3 Å². The maximum atomic E-state index is 12.7. The summed E-state index contributed by atoms with van der Waals surface area (Å²) in [5, 5.41) is 8.54. The quantitative estimate of drug-likeness (QED) is 0.355. The van der Waals surface area contributed by atoms with Crippen LogP contribution in [0.25, 0.3) is 0 Å². The van der Waals surface area contributed by atoms with Crippen LogP contribution in [0.5, 0.6) is 11.5 Å². The number of rotatable bonds is 7. The first-order valence-corrected chi connectivity index (χ1v) is 10.2. The molecule has 2 aromatic carbocycles. The Morgan fingerprint density at radius 3 is 2.36 bits per heavy atom. The highest BCUT2D eigenvalue weighted by Gasteiger charge is 2.62. The van der Waals surface area contributed by atoms with E-state index in [1.807, 2.05) is 12.1 Å². The summed E-state index contributed by atoms with van der Waals surface area (Å²) in [4.78, 5) is 24.0. The van der Waals surface area contributed by atoms with E-state index in [1.54, 1.807) is 62.4 Å². The van der Waals surface area contributed by atoms with Crippen molar-refractivity contribution in [2.75, 3.05) is 0 Å². The topological polar surface area (TPSA) is 76.4 Å². The lowest BCUT2D eigenvalue weighted by Crippen LogP contribution is -2.22. The van der Waals surface area contributed by atoms with Crippen LogP contribution in [0.15, 0.2) is 65.7 Å². The summed E-state index contributed by atoms with van der Waals surface area (Å²) in [6, 6.07) is 17.3. The van der Waals surface area contributed by atoms with E-state index in [-0.39, 0.29) is 0 Å². The summed E-state index contributed by atoms with van der Waals surface area (Å²) in [5.41, 5.74) is -0.420. The van der Waals surface area contributed by atoms with E-state index in [9.17, 15) is 28.0 Å². The van der Waals surface area contributed by atoms with Crippen molar-refractivity contribution in [2.45, 2.75) is 26.1 Å². The minimum atomic E-state index is -5.11. The van der Waals surface area contributed by atoms with Gasteiger partial charge in [-0.3, -0.25) is 9.59 Å². The zero-order chi connectivity index (χ0) is 24.4. The smallest absolute Gasteiger partial charge is 0.455 e. The molecule has 2 aromatic rings. The summed E-state index contributed by atoms with van der Waals surface area (Å²) in [6.45, 7) is 3.27. The Labute approximate surface area is 193 Å². The predicted octanol–water partition coefficient (Wildman–Crippen LogP) is 6.11. The van der Waals surface area contributed by atoms with Crippen molar-refractivity contribution in [2.24, 2.45) is 17.3 Å². The number of ether oxygens (including phenoxy) is 2. The molecule has 0 bridgehead atoms. The number of halogens is 4. The molecule has 5 nitrogen and oxygen atoms in total. The molecule has 0 radical (unpaired) electrons. The molecule has 0 saturated heterocycles. The number of alkyl halides is 3. The van der Waals surface area contributed by atoms with Crippen molar-refractivity contribution in [1.82, 2.24) is 0 Å². The van der Waals surface area contributed by atoms with Crippen molar-refractivity contribution in [1.29, 1.82) is 5.26 Å². The number of Topliss-reactive ketones (excluding diaryl/α,β-unsaturated/α-hetero) is 1. The zero-order valence-corrected chi connectivity index (χ0v) is 18.4. The van der Waals surface area contributed by atoms with E-state index >= 15 is 0 Å². The van der Waals surface area contributed by atoms with Crippen LogP contribution in [0.1, 0.15) is 25.5 Å². The summed E-state index contributed by atoms with van der Waals surface area (Å²) in [7, 11) is 0. The molecule has 172 valence electrons. The Morgan fingerprint density at radius 1 is 1.12 bits per heavy atom. The van der Waals surface area contributed by atoms with Crippen LogP contribution in [0.4, 0.5) is 13.2 Å². The number of para-hydroxylation sites is 1. The van der Waals surface area contributed by atoms with E-state index in [4.69, 9.17) is 21.1 Å². The molecule has 33 heavy (non-hydrogen) atoms. The minimum Gasteiger partial charge on any atom is -0.457 e. The van der Waals surface area contributed by atoms with Crippen LogP contribution < -0.4 is 4.74 Å². The molecule has 0 aliphatic heterocycles. The lowest BCUT2D eigenvalue weighted by atomic mass is 10.1. The molecular weight excluding hydrogens is 459 g/mol. The highest BCUT2D eigenvalue weighted by molar-refractivity contribution is 6.43. The molecule has 0 aromatic heterocycles. The second-order valence-corrected chi connectivity index (χ2v) is 8.51. The molecule has 1 aliphatic rings. The van der Waals surface area contributed by atoms with E-state index in [2.05, 4.69) is 0 Å². The van der Waals surface area contributed by atoms with Gasteiger partial charge in [-0.15, -0.1) is 0 Å². The Hall–Kier alpha value is -3.31. The van der Waals surface area contributed by atoms with Crippen molar-refractivity contribution < 1.29 is 32.2 Å². The SMILES string of the molecule is CC1(C)C(/C=C(\Cl)C(=O)C(F)(F)F)C1C(=O)OC(C#N)c1cccc(Oc2ccccc2)c1. The van der Waals surface area contributed by atoms with Crippen LogP contribution in [-0.2, 0) is 14.3 Å². The number of hydrogen-bond donors (Lipinski definition) is 0. The number of nitrogens with zero attached hydrogens (tertiary/aromatic N) is 1. The first kappa shape index (κ1) is 24.3. The molecule has 1 fully saturated rings. The second-order valence-electron chi connectivity index (χ2n) is 8.10. The number of nitriles is 1. The zero-order valence-electron chi connectivity index (χ0n) is 17.6.